The lowest BCUT2D eigenvalue weighted by atomic mass is 10.1. The summed E-state index contributed by atoms with van der Waals surface area (Å²) in [4.78, 5) is 20.2. The molecule has 26 heavy (non-hydrogen) atoms. The number of hydrogen-bond acceptors (Lipinski definition) is 4. The highest BCUT2D eigenvalue weighted by Gasteiger charge is 2.08. The number of amides is 1. The molecule has 0 saturated carbocycles. The number of halogens is 2. The summed E-state index contributed by atoms with van der Waals surface area (Å²) < 4.78 is 25.8. The topological polar surface area (TPSA) is 66.9 Å². The van der Waals surface area contributed by atoms with E-state index in [1.165, 1.54) is 36.7 Å². The van der Waals surface area contributed by atoms with Crippen molar-refractivity contribution in [2.24, 2.45) is 0 Å². The molecular weight excluding hydrogens is 338 g/mol. The lowest BCUT2D eigenvalue weighted by Crippen LogP contribution is -2.26. The largest absolute Gasteiger partial charge is 0.350 e. The van der Waals surface area contributed by atoms with Crippen LogP contribution in [0.1, 0.15) is 16.1 Å². The van der Waals surface area contributed by atoms with E-state index in [1.807, 2.05) is 0 Å². The van der Waals surface area contributed by atoms with Gasteiger partial charge < -0.3 is 10.6 Å². The van der Waals surface area contributed by atoms with Gasteiger partial charge in [0.15, 0.2) is 0 Å². The smallest absolute Gasteiger partial charge is 0.270 e. The number of anilines is 2. The first-order chi connectivity index (χ1) is 12.6. The van der Waals surface area contributed by atoms with Crippen LogP contribution in [0, 0.1) is 11.6 Å². The highest BCUT2D eigenvalue weighted by Crippen LogP contribution is 2.15. The van der Waals surface area contributed by atoms with Crippen LogP contribution in [0.15, 0.2) is 60.9 Å². The van der Waals surface area contributed by atoms with Gasteiger partial charge in [0.25, 0.3) is 5.91 Å². The molecule has 0 aliphatic rings. The molecule has 3 aromatic rings. The number of hydrogen-bond donors (Lipinski definition) is 2. The van der Waals surface area contributed by atoms with Crippen molar-refractivity contribution in [3.05, 3.63) is 83.8 Å². The summed E-state index contributed by atoms with van der Waals surface area (Å²) >= 11 is 0. The third-order valence-corrected chi connectivity index (χ3v) is 3.63. The molecule has 0 bridgehead atoms. The summed E-state index contributed by atoms with van der Waals surface area (Å²) in [6, 6.07) is 13.4. The Morgan fingerprint density at radius 3 is 2.27 bits per heavy atom. The molecular formula is C19H16F2N4O. The van der Waals surface area contributed by atoms with Crippen LogP contribution in [0.3, 0.4) is 0 Å². The summed E-state index contributed by atoms with van der Waals surface area (Å²) in [7, 11) is 0. The molecule has 0 fully saturated rings. The van der Waals surface area contributed by atoms with E-state index >= 15 is 0 Å². The lowest BCUT2D eigenvalue weighted by molar-refractivity contribution is 0.0949. The minimum absolute atomic E-state index is 0.212. The van der Waals surface area contributed by atoms with E-state index in [2.05, 4.69) is 20.6 Å². The number of nitrogens with one attached hydrogen (secondary N) is 2. The molecule has 0 radical (unpaired) electrons. The molecule has 5 nitrogen and oxygen atoms in total. The molecule has 0 aliphatic heterocycles. The van der Waals surface area contributed by atoms with Gasteiger partial charge in [-0.3, -0.25) is 4.79 Å². The Bertz CT molecular complexity index is 883. The van der Waals surface area contributed by atoms with Crippen molar-refractivity contribution >= 4 is 17.4 Å². The Labute approximate surface area is 149 Å². The first-order valence-electron chi connectivity index (χ1n) is 7.97. The van der Waals surface area contributed by atoms with Crippen molar-refractivity contribution in [1.82, 2.24) is 15.3 Å². The van der Waals surface area contributed by atoms with Gasteiger partial charge in [-0.05, 0) is 48.4 Å². The van der Waals surface area contributed by atoms with Gasteiger partial charge in [-0.1, -0.05) is 12.1 Å². The Morgan fingerprint density at radius 2 is 1.58 bits per heavy atom. The Hall–Kier alpha value is -3.35. The van der Waals surface area contributed by atoms with Crippen LogP contribution >= 0.6 is 0 Å². The Kier molecular flexibility index (Phi) is 5.48. The zero-order valence-electron chi connectivity index (χ0n) is 13.7. The van der Waals surface area contributed by atoms with Crippen LogP contribution in [0.5, 0.6) is 0 Å². The van der Waals surface area contributed by atoms with E-state index in [0.29, 0.717) is 24.5 Å². The minimum Gasteiger partial charge on any atom is -0.350 e. The molecule has 7 heteroatoms. The Balaban J connectivity index is 1.57. The van der Waals surface area contributed by atoms with Gasteiger partial charge in [-0.15, -0.1) is 0 Å². The highest BCUT2D eigenvalue weighted by atomic mass is 19.1. The maximum absolute atomic E-state index is 12.9. The quantitative estimate of drug-likeness (QED) is 0.711. The van der Waals surface area contributed by atoms with E-state index in [-0.39, 0.29) is 23.2 Å². The van der Waals surface area contributed by atoms with Crippen molar-refractivity contribution in [2.75, 3.05) is 11.9 Å². The molecule has 0 spiro atoms. The summed E-state index contributed by atoms with van der Waals surface area (Å²) in [5.74, 6) is -0.536. The van der Waals surface area contributed by atoms with Gasteiger partial charge >= 0.3 is 0 Å². The van der Waals surface area contributed by atoms with Crippen LogP contribution in [0.2, 0.25) is 0 Å². The number of rotatable bonds is 6. The predicted molar refractivity (Wildman–Crippen MR) is 94.2 cm³/mol. The number of carbonyl (C=O) groups is 1. The predicted octanol–water partition coefficient (Wildman–Crippen LogP) is 3.47. The molecule has 0 aliphatic carbocycles. The lowest BCUT2D eigenvalue weighted by Gasteiger charge is -2.08. The number of benzene rings is 2. The highest BCUT2D eigenvalue weighted by molar-refractivity contribution is 5.92. The van der Waals surface area contributed by atoms with E-state index in [1.54, 1.807) is 24.3 Å². The molecule has 1 amide bonds. The van der Waals surface area contributed by atoms with E-state index < -0.39 is 0 Å². The molecule has 2 N–H and O–H groups in total. The fourth-order valence-corrected chi connectivity index (χ4v) is 2.29. The zero-order chi connectivity index (χ0) is 18.4. The Morgan fingerprint density at radius 1 is 0.923 bits per heavy atom. The summed E-state index contributed by atoms with van der Waals surface area (Å²) in [5, 5.41) is 5.74. The summed E-state index contributed by atoms with van der Waals surface area (Å²) in [5.41, 5.74) is 1.78. The summed E-state index contributed by atoms with van der Waals surface area (Å²) in [6.07, 6.45) is 1.86. The monoisotopic (exact) mass is 354 g/mol. The van der Waals surface area contributed by atoms with Crippen molar-refractivity contribution in [3.8, 4) is 0 Å². The van der Waals surface area contributed by atoms with E-state index in [4.69, 9.17) is 0 Å². The number of aromatic nitrogens is 2. The van der Waals surface area contributed by atoms with Crippen molar-refractivity contribution in [3.63, 3.8) is 0 Å². The van der Waals surface area contributed by atoms with Crippen LogP contribution in [-0.4, -0.2) is 22.4 Å². The van der Waals surface area contributed by atoms with Gasteiger partial charge in [0, 0.05) is 18.3 Å². The average molecular weight is 354 g/mol. The zero-order valence-corrected chi connectivity index (χ0v) is 13.7. The maximum Gasteiger partial charge on any atom is 0.270 e. The fourth-order valence-electron chi connectivity index (χ4n) is 2.29. The van der Waals surface area contributed by atoms with Gasteiger partial charge in [0.05, 0.1) is 0 Å². The number of nitrogens with zero attached hydrogens (tertiary/aromatic N) is 2. The van der Waals surface area contributed by atoms with E-state index in [0.717, 1.165) is 5.56 Å². The van der Waals surface area contributed by atoms with Crippen LogP contribution < -0.4 is 10.6 Å². The SMILES string of the molecule is O=C(NCCc1ccc(F)cc1)c1cc(Nc2ccc(F)cc2)ncn1. The molecule has 1 aromatic heterocycles. The van der Waals surface area contributed by atoms with Crippen molar-refractivity contribution in [1.29, 1.82) is 0 Å². The molecule has 3 rings (SSSR count). The molecule has 132 valence electrons. The van der Waals surface area contributed by atoms with Gasteiger partial charge in [-0.2, -0.15) is 0 Å². The van der Waals surface area contributed by atoms with Gasteiger partial charge in [0.1, 0.15) is 29.5 Å². The molecule has 0 unspecified atom stereocenters. The van der Waals surface area contributed by atoms with Crippen molar-refractivity contribution in [2.45, 2.75) is 6.42 Å². The fraction of sp³-hybridized carbons (Fsp3) is 0.105. The third kappa shape index (κ3) is 4.83. The van der Waals surface area contributed by atoms with E-state index in [9.17, 15) is 13.6 Å². The maximum atomic E-state index is 12.9. The first-order valence-corrected chi connectivity index (χ1v) is 7.97. The van der Waals surface area contributed by atoms with Crippen molar-refractivity contribution < 1.29 is 13.6 Å². The second-order valence-corrected chi connectivity index (χ2v) is 5.55. The first kappa shape index (κ1) is 17.5. The van der Waals surface area contributed by atoms with Crippen LogP contribution in [0.4, 0.5) is 20.3 Å². The molecule has 0 atom stereocenters. The van der Waals surface area contributed by atoms with Crippen LogP contribution in [0.25, 0.3) is 0 Å². The standard InChI is InChI=1S/C19H16F2N4O/c20-14-3-1-13(2-4-14)9-10-22-19(26)17-11-18(24-12-23-17)25-16-7-5-15(21)6-8-16/h1-8,11-12H,9-10H2,(H,22,26)(H,23,24,25). The summed E-state index contributed by atoms with van der Waals surface area (Å²) in [6.45, 7) is 0.398. The molecule has 0 saturated heterocycles. The second kappa shape index (κ2) is 8.15. The van der Waals surface area contributed by atoms with Gasteiger partial charge in [0.2, 0.25) is 0 Å². The van der Waals surface area contributed by atoms with Crippen LogP contribution in [-0.2, 0) is 6.42 Å². The van der Waals surface area contributed by atoms with Gasteiger partial charge in [-0.25, -0.2) is 18.7 Å². The normalized spacial score (nSPS) is 10.4. The minimum atomic E-state index is -0.336. The third-order valence-electron chi connectivity index (χ3n) is 3.63. The molecule has 2 aromatic carbocycles. The number of carbonyl (C=O) groups excluding carboxylic acids is 1. The average Bonchev–Trinajstić information content (AvgIpc) is 2.65. The molecule has 1 heterocycles. The second-order valence-electron chi connectivity index (χ2n) is 5.55.